The van der Waals surface area contributed by atoms with Gasteiger partial charge < -0.3 is 15.0 Å². The fourth-order valence-electron chi connectivity index (χ4n) is 5.91. The lowest BCUT2D eigenvalue weighted by molar-refractivity contribution is -0.187. The van der Waals surface area contributed by atoms with Gasteiger partial charge in [0.2, 0.25) is 0 Å². The largest absolute Gasteiger partial charge is 0.471 e. The van der Waals surface area contributed by atoms with Crippen LogP contribution < -0.4 is 5.32 Å². The first-order valence-electron chi connectivity index (χ1n) is 15.1. The second-order valence-corrected chi connectivity index (χ2v) is 12.4. The van der Waals surface area contributed by atoms with E-state index in [0.29, 0.717) is 13.0 Å². The maximum absolute atomic E-state index is 13.6. The molecule has 1 amide bonds. The van der Waals surface area contributed by atoms with Gasteiger partial charge in [0.05, 0.1) is 5.41 Å². The predicted molar refractivity (Wildman–Crippen MR) is 158 cm³/mol. The number of esters is 1. The van der Waals surface area contributed by atoms with Gasteiger partial charge in [-0.25, -0.2) is 0 Å². The van der Waals surface area contributed by atoms with Crippen LogP contribution in [0.15, 0.2) is 66.2 Å². The van der Waals surface area contributed by atoms with E-state index in [1.54, 1.807) is 0 Å². The van der Waals surface area contributed by atoms with Crippen molar-refractivity contribution in [3.8, 4) is 0 Å². The Morgan fingerprint density at radius 3 is 2.19 bits per heavy atom. The van der Waals surface area contributed by atoms with Crippen LogP contribution in [0, 0.1) is 17.3 Å². The van der Waals surface area contributed by atoms with Crippen LogP contribution in [0.4, 0.5) is 13.2 Å². The number of nitrogens with one attached hydrogen (secondary N) is 1. The van der Waals surface area contributed by atoms with E-state index in [1.165, 1.54) is 0 Å². The first-order chi connectivity index (χ1) is 20.0. The van der Waals surface area contributed by atoms with Gasteiger partial charge >= 0.3 is 18.1 Å². The molecule has 0 aromatic heterocycles. The van der Waals surface area contributed by atoms with E-state index < -0.39 is 23.5 Å². The van der Waals surface area contributed by atoms with Gasteiger partial charge in [-0.05, 0) is 69.4 Å². The van der Waals surface area contributed by atoms with E-state index >= 15 is 0 Å². The van der Waals surface area contributed by atoms with Gasteiger partial charge in [0.15, 0.2) is 0 Å². The first kappa shape index (κ1) is 31.8. The minimum Gasteiger partial charge on any atom is -0.460 e. The smallest absolute Gasteiger partial charge is 0.460 e. The molecule has 2 aromatic rings. The van der Waals surface area contributed by atoms with E-state index in [2.05, 4.69) is 11.4 Å². The molecule has 0 aliphatic heterocycles. The van der Waals surface area contributed by atoms with Gasteiger partial charge in [0.1, 0.15) is 6.61 Å². The van der Waals surface area contributed by atoms with Crippen molar-refractivity contribution in [2.75, 3.05) is 13.1 Å². The Morgan fingerprint density at radius 2 is 1.60 bits per heavy atom. The third kappa shape index (κ3) is 8.69. The summed E-state index contributed by atoms with van der Waals surface area (Å²) < 4.78 is 46.4. The van der Waals surface area contributed by atoms with Gasteiger partial charge in [-0.2, -0.15) is 13.2 Å². The number of amides is 1. The number of hydrogen-bond donors (Lipinski definition) is 1. The summed E-state index contributed by atoms with van der Waals surface area (Å²) in [6.07, 6.45) is 1.51. The van der Waals surface area contributed by atoms with Crippen molar-refractivity contribution in [3.05, 3.63) is 77.4 Å². The highest BCUT2D eigenvalue weighted by molar-refractivity contribution is 5.82. The normalized spacial score (nSPS) is 22.9. The maximum Gasteiger partial charge on any atom is 0.471 e. The van der Waals surface area contributed by atoms with Gasteiger partial charge in [-0.15, -0.1) is 0 Å². The van der Waals surface area contributed by atoms with Gasteiger partial charge in [0, 0.05) is 31.1 Å². The molecule has 1 N–H and O–H groups in total. The minimum absolute atomic E-state index is 0.0163. The summed E-state index contributed by atoms with van der Waals surface area (Å²) >= 11 is 0. The fraction of sp³-hybridized carbons (Fsp3) is 0.529. The van der Waals surface area contributed by atoms with Crippen LogP contribution in [0.3, 0.4) is 0 Å². The zero-order valence-electron chi connectivity index (χ0n) is 24.8. The summed E-state index contributed by atoms with van der Waals surface area (Å²) in [5.41, 5.74) is 2.32. The summed E-state index contributed by atoms with van der Waals surface area (Å²) in [6, 6.07) is 19.1. The van der Waals surface area contributed by atoms with Crippen molar-refractivity contribution in [1.29, 1.82) is 0 Å². The van der Waals surface area contributed by atoms with Gasteiger partial charge in [-0.3, -0.25) is 9.59 Å². The molecule has 2 fully saturated rings. The fourth-order valence-corrected chi connectivity index (χ4v) is 5.91. The Hall–Kier alpha value is -3.13. The summed E-state index contributed by atoms with van der Waals surface area (Å²) in [7, 11) is 0. The third-order valence-electron chi connectivity index (χ3n) is 8.60. The summed E-state index contributed by atoms with van der Waals surface area (Å²) in [5.74, 6) is -2.02. The van der Waals surface area contributed by atoms with Crippen LogP contribution in [0.25, 0.3) is 6.08 Å². The first-order valence-corrected chi connectivity index (χ1v) is 15.1. The number of hydrogen-bond acceptors (Lipinski definition) is 4. The molecule has 0 spiro atoms. The molecule has 2 saturated carbocycles. The molecule has 5 nitrogen and oxygen atoms in total. The number of halogens is 3. The highest BCUT2D eigenvalue weighted by Crippen LogP contribution is 2.45. The van der Waals surface area contributed by atoms with E-state index in [4.69, 9.17) is 4.74 Å². The molecule has 0 heterocycles. The van der Waals surface area contributed by atoms with Crippen molar-refractivity contribution < 1.29 is 27.5 Å². The molecule has 0 bridgehead atoms. The average Bonchev–Trinajstić information content (AvgIpc) is 3.77. The molecular weight excluding hydrogens is 541 g/mol. The molecule has 2 aliphatic rings. The number of benzene rings is 2. The van der Waals surface area contributed by atoms with Crippen LogP contribution in [-0.2, 0) is 20.9 Å². The van der Waals surface area contributed by atoms with Gasteiger partial charge in [-0.1, -0.05) is 79.2 Å². The number of carbonyl (C=O) groups excluding carboxylic acids is 2. The molecule has 8 heteroatoms. The highest BCUT2D eigenvalue weighted by Gasteiger charge is 2.52. The lowest BCUT2D eigenvalue weighted by Crippen LogP contribution is -2.47. The maximum atomic E-state index is 13.6. The van der Waals surface area contributed by atoms with E-state index in [1.807, 2.05) is 81.4 Å². The standard InChI is InChI=1S/C34H43F3N2O3/c1-4-27(19-24-11-7-5-8-12-24)29-20-30(29)39(31(40)34(35,36)37)21-25-15-17-28(18-16-25)38-23-33(2,3)32(41)42-22-26-13-9-6-10-14-26/h5-14,19,25,28-30,38H,4,15-18,20-23H2,1-3H3/b27-19+/t25?,28?,29-,30+/m0/s1. The predicted octanol–water partition coefficient (Wildman–Crippen LogP) is 7.18. The van der Waals surface area contributed by atoms with Crippen LogP contribution in [-0.4, -0.2) is 48.1 Å². The molecule has 0 saturated heterocycles. The van der Waals surface area contributed by atoms with Crippen molar-refractivity contribution >= 4 is 18.0 Å². The molecule has 2 aliphatic carbocycles. The third-order valence-corrected chi connectivity index (χ3v) is 8.60. The monoisotopic (exact) mass is 584 g/mol. The number of alkyl halides is 3. The summed E-state index contributed by atoms with van der Waals surface area (Å²) in [4.78, 5) is 26.4. The lowest BCUT2D eigenvalue weighted by atomic mass is 9.84. The topological polar surface area (TPSA) is 58.6 Å². The zero-order chi connectivity index (χ0) is 30.3. The second kappa shape index (κ2) is 13.9. The van der Waals surface area contributed by atoms with Crippen LogP contribution in [0.1, 0.15) is 70.4 Å². The summed E-state index contributed by atoms with van der Waals surface area (Å²) in [5, 5.41) is 3.48. The molecule has 2 aromatic carbocycles. The minimum atomic E-state index is -4.89. The van der Waals surface area contributed by atoms with Crippen LogP contribution in [0.2, 0.25) is 0 Å². The number of carbonyl (C=O) groups is 2. The molecular formula is C34H43F3N2O3. The van der Waals surface area contributed by atoms with E-state index in [9.17, 15) is 22.8 Å². The van der Waals surface area contributed by atoms with E-state index in [0.717, 1.165) is 53.7 Å². The zero-order valence-corrected chi connectivity index (χ0v) is 24.8. The van der Waals surface area contributed by atoms with Crippen molar-refractivity contribution in [3.63, 3.8) is 0 Å². The Morgan fingerprint density at radius 1 is 0.976 bits per heavy atom. The average molecular weight is 585 g/mol. The molecule has 4 rings (SSSR count). The number of nitrogens with zero attached hydrogens (tertiary/aromatic N) is 1. The Bertz CT molecular complexity index is 1210. The van der Waals surface area contributed by atoms with Gasteiger partial charge in [0.25, 0.3) is 0 Å². The molecule has 2 atom stereocenters. The Kier molecular flexibility index (Phi) is 10.5. The molecule has 42 heavy (non-hydrogen) atoms. The molecule has 0 radical (unpaired) electrons. The van der Waals surface area contributed by atoms with Crippen molar-refractivity contribution in [2.24, 2.45) is 17.3 Å². The Balaban J connectivity index is 1.28. The summed E-state index contributed by atoms with van der Waals surface area (Å²) in [6.45, 7) is 6.52. The van der Waals surface area contributed by atoms with Crippen molar-refractivity contribution in [1.82, 2.24) is 10.2 Å². The highest BCUT2D eigenvalue weighted by atomic mass is 19.4. The molecule has 0 unspecified atom stereocenters. The molecule has 228 valence electrons. The van der Waals surface area contributed by atoms with E-state index in [-0.39, 0.29) is 37.0 Å². The Labute approximate surface area is 247 Å². The van der Waals surface area contributed by atoms with Crippen molar-refractivity contribution in [2.45, 2.75) is 84.2 Å². The van der Waals surface area contributed by atoms with Crippen LogP contribution >= 0.6 is 0 Å². The SMILES string of the molecule is CC/C(=C\c1ccccc1)[C@@H]1C[C@H]1N(CC1CCC(NCC(C)(C)C(=O)OCc2ccccc2)CC1)C(=O)C(F)(F)F. The second-order valence-electron chi connectivity index (χ2n) is 12.4. The number of ether oxygens (including phenoxy) is 1. The number of rotatable bonds is 12. The van der Waals surface area contributed by atoms with Crippen LogP contribution in [0.5, 0.6) is 0 Å². The lowest BCUT2D eigenvalue weighted by Gasteiger charge is -2.35. The quantitative estimate of drug-likeness (QED) is 0.269.